The molecule has 0 unspecified atom stereocenters. The van der Waals surface area contributed by atoms with Gasteiger partial charge in [-0.1, -0.05) is 43.2 Å². The largest absolute Gasteiger partial charge is 0.494 e. The normalized spacial score (nSPS) is 16.8. The van der Waals surface area contributed by atoms with Crippen LogP contribution in [-0.2, 0) is 33.4 Å². The summed E-state index contributed by atoms with van der Waals surface area (Å²) in [6.45, 7) is 14.8. The third-order valence-electron chi connectivity index (χ3n) is 13.9. The number of aromatic nitrogens is 1. The average molecular weight is 1130 g/mol. The molecule has 0 saturated heterocycles. The van der Waals surface area contributed by atoms with Crippen molar-refractivity contribution in [2.75, 3.05) is 31.4 Å². The summed E-state index contributed by atoms with van der Waals surface area (Å²) in [5.74, 6) is -1.06. The first-order valence-electron chi connectivity index (χ1n) is 27.8. The molecule has 81 heavy (non-hydrogen) atoms. The second kappa shape index (κ2) is 31.6. The van der Waals surface area contributed by atoms with E-state index in [2.05, 4.69) is 19.7 Å². The third kappa shape index (κ3) is 19.3. The number of fused-ring (bicyclic) bond motifs is 1. The molecule has 0 spiro atoms. The van der Waals surface area contributed by atoms with Crippen molar-refractivity contribution >= 4 is 68.6 Å². The number of nitrogens with zero attached hydrogens (tertiary/aromatic N) is 3. The van der Waals surface area contributed by atoms with Gasteiger partial charge < -0.3 is 37.9 Å². The molecular weight excluding hydrogens is 1050 g/mol. The summed E-state index contributed by atoms with van der Waals surface area (Å²) in [4.78, 5) is 69.9. The fraction of sp³-hybridized carbons (Fsp3) is 0.397. The van der Waals surface area contributed by atoms with Crippen LogP contribution in [0.5, 0.6) is 34.5 Å². The van der Waals surface area contributed by atoms with Gasteiger partial charge in [0, 0.05) is 17.3 Å². The van der Waals surface area contributed by atoms with Crippen LogP contribution >= 0.6 is 11.3 Å². The van der Waals surface area contributed by atoms with Crippen molar-refractivity contribution in [3.63, 3.8) is 0 Å². The molecular formula is C63H72N4O13S. The Hall–Kier alpha value is -8.12. The molecule has 1 aromatic heterocycles. The lowest BCUT2D eigenvalue weighted by molar-refractivity contribution is -0.145. The van der Waals surface area contributed by atoms with Gasteiger partial charge in [-0.2, -0.15) is 5.10 Å². The fourth-order valence-electron chi connectivity index (χ4n) is 9.26. The zero-order valence-corrected chi connectivity index (χ0v) is 46.8. The maximum Gasteiger partial charge on any atom is 0.330 e. The first-order valence-corrected chi connectivity index (χ1v) is 28.6. The number of rotatable bonds is 30. The minimum absolute atomic E-state index is 0.0841. The highest BCUT2D eigenvalue weighted by atomic mass is 32.1. The zero-order valence-electron chi connectivity index (χ0n) is 46.0. The van der Waals surface area contributed by atoms with Gasteiger partial charge in [0.05, 0.1) is 66.5 Å². The third-order valence-corrected chi connectivity index (χ3v) is 14.9. The molecule has 1 N–H and O–H groups in total. The summed E-state index contributed by atoms with van der Waals surface area (Å²) in [6, 6.07) is 26.3. The van der Waals surface area contributed by atoms with Crippen molar-refractivity contribution in [1.29, 1.82) is 5.41 Å². The Morgan fingerprint density at radius 2 is 1.02 bits per heavy atom. The standard InChI is InChI=1S/C63H72N4O13S/c1-5-57(64)75-39-15-9-7-13-37-73-49-27-33-52(34-28-49)78-60(70)45-23-25-47(26-24-45)62(72)80-55-36-35-53(41-48(55)42-65-67(43(3)4)63-66-54-17-11-12-18-56(54)81-63)79-61(71)46-21-19-44(20-22-46)59(69)77-51-31-29-50(30-32-51)74-38-14-8-10-16-40-76-58(68)6-2/h5-6,11-12,17-18,27-36,41-42,44-47,64H,1-3,7-10,13-16,19-26,37-40H2,4H3/b64-57?,65-42-. The predicted molar refractivity (Wildman–Crippen MR) is 310 cm³/mol. The summed E-state index contributed by atoms with van der Waals surface area (Å²) in [7, 11) is 0. The summed E-state index contributed by atoms with van der Waals surface area (Å²) in [5.41, 5.74) is 1.75. The van der Waals surface area contributed by atoms with Crippen LogP contribution in [-0.4, -0.2) is 73.4 Å². The quantitative estimate of drug-likeness (QED) is 0.00862. The van der Waals surface area contributed by atoms with Crippen molar-refractivity contribution in [3.05, 3.63) is 134 Å². The molecule has 0 bridgehead atoms. The molecule has 5 aromatic rings. The van der Waals surface area contributed by atoms with Crippen LogP contribution in [0.2, 0.25) is 0 Å². The first kappa shape index (κ1) is 60.5. The number of hydrogen-bond donors (Lipinski definition) is 1. The van der Waals surface area contributed by atoms with Gasteiger partial charge in [-0.15, -0.1) is 0 Å². The van der Waals surface area contributed by atoms with Crippen LogP contribution in [0, 0.1) is 29.1 Å². The zero-order chi connectivity index (χ0) is 57.3. The van der Waals surface area contributed by atoms with Gasteiger partial charge in [-0.05, 0) is 195 Å². The topological polar surface area (TPSA) is 212 Å². The van der Waals surface area contributed by atoms with Crippen molar-refractivity contribution in [2.24, 2.45) is 28.8 Å². The monoisotopic (exact) mass is 1120 g/mol. The van der Waals surface area contributed by atoms with Gasteiger partial charge >= 0.3 is 29.8 Å². The smallest absolute Gasteiger partial charge is 0.330 e. The Morgan fingerprint density at radius 1 is 0.580 bits per heavy atom. The van der Waals surface area contributed by atoms with Crippen LogP contribution in [0.1, 0.15) is 115 Å². The Bertz CT molecular complexity index is 2940. The lowest BCUT2D eigenvalue weighted by Crippen LogP contribution is -2.30. The van der Waals surface area contributed by atoms with Crippen molar-refractivity contribution in [2.45, 2.75) is 110 Å². The van der Waals surface area contributed by atoms with Gasteiger partial charge in [0.25, 0.3) is 0 Å². The van der Waals surface area contributed by atoms with E-state index in [0.717, 1.165) is 67.7 Å². The summed E-state index contributed by atoms with van der Waals surface area (Å²) >= 11 is 1.44. The molecule has 0 amide bonds. The number of ether oxygens (including phenoxy) is 8. The molecule has 0 radical (unpaired) electrons. The van der Waals surface area contributed by atoms with Crippen molar-refractivity contribution < 1.29 is 61.9 Å². The number of carbonyl (C=O) groups excluding carboxylic acids is 5. The van der Waals surface area contributed by atoms with Crippen molar-refractivity contribution in [3.8, 4) is 34.5 Å². The lowest BCUT2D eigenvalue weighted by Gasteiger charge is -2.26. The highest BCUT2D eigenvalue weighted by Gasteiger charge is 2.34. The van der Waals surface area contributed by atoms with E-state index < -0.39 is 29.7 Å². The van der Waals surface area contributed by atoms with E-state index in [1.165, 1.54) is 23.6 Å². The van der Waals surface area contributed by atoms with E-state index in [1.54, 1.807) is 78.7 Å². The lowest BCUT2D eigenvalue weighted by atomic mass is 9.82. The van der Waals surface area contributed by atoms with Gasteiger partial charge in [-0.25, -0.2) is 14.8 Å². The number of hydrogen-bond acceptors (Lipinski definition) is 18. The number of para-hydroxylation sites is 1. The summed E-state index contributed by atoms with van der Waals surface area (Å²) in [5, 5.41) is 14.4. The number of hydrazone groups is 1. The molecule has 428 valence electrons. The maximum atomic E-state index is 13.9. The minimum Gasteiger partial charge on any atom is -0.494 e. The van der Waals surface area contributed by atoms with Crippen LogP contribution in [0.3, 0.4) is 0 Å². The van der Waals surface area contributed by atoms with E-state index in [0.29, 0.717) is 117 Å². The number of thiazole rings is 1. The molecule has 0 aliphatic heterocycles. The van der Waals surface area contributed by atoms with Gasteiger partial charge in [0.15, 0.2) is 0 Å². The van der Waals surface area contributed by atoms with Crippen LogP contribution in [0.4, 0.5) is 5.13 Å². The molecule has 2 aliphatic carbocycles. The van der Waals surface area contributed by atoms with Crippen LogP contribution in [0.25, 0.3) is 10.2 Å². The van der Waals surface area contributed by atoms with E-state index >= 15 is 0 Å². The van der Waals surface area contributed by atoms with Gasteiger partial charge in [0.2, 0.25) is 11.0 Å². The molecule has 2 saturated carbocycles. The number of unbranched alkanes of at least 4 members (excludes halogenated alkanes) is 6. The fourth-order valence-corrected chi connectivity index (χ4v) is 10.3. The number of anilines is 1. The molecule has 7 rings (SSSR count). The van der Waals surface area contributed by atoms with Crippen LogP contribution in [0.15, 0.2) is 134 Å². The van der Waals surface area contributed by atoms with E-state index in [1.807, 2.05) is 24.3 Å². The van der Waals surface area contributed by atoms with Crippen molar-refractivity contribution in [1.82, 2.24) is 4.98 Å². The molecule has 4 aromatic carbocycles. The number of carbonyl (C=O) groups is 5. The molecule has 2 aliphatic rings. The second-order valence-electron chi connectivity index (χ2n) is 20.0. The predicted octanol–water partition coefficient (Wildman–Crippen LogP) is 13.1. The molecule has 18 heteroatoms. The van der Waals surface area contributed by atoms with E-state index in [4.69, 9.17) is 53.4 Å². The molecule has 17 nitrogen and oxygen atoms in total. The molecule has 1 heterocycles. The average Bonchev–Trinajstić information content (AvgIpc) is 3.96. The number of benzene rings is 4. The summed E-state index contributed by atoms with van der Waals surface area (Å²) < 4.78 is 46.3. The SMILES string of the molecule is C=CC(=N)OCCCCCCOc1ccc(OC(=O)C2CCC(C(=O)Oc3ccc(OC(=O)C4CCC(C(=O)Oc5ccc(OCCCCCCOC(=O)C=C)cc5)CC4)cc3/C=N\N(C(=C)C)c3nc4ccccc4s3)CC2)cc1. The number of esters is 5. The van der Waals surface area contributed by atoms with Gasteiger partial charge in [-0.3, -0.25) is 24.6 Å². The van der Waals surface area contributed by atoms with E-state index in [-0.39, 0.29) is 41.2 Å². The van der Waals surface area contributed by atoms with Gasteiger partial charge in [0.1, 0.15) is 34.5 Å². The maximum absolute atomic E-state index is 13.9. The number of allylic oxidation sites excluding steroid dienone is 1. The second-order valence-corrected chi connectivity index (χ2v) is 21.0. The highest BCUT2D eigenvalue weighted by molar-refractivity contribution is 7.22. The summed E-state index contributed by atoms with van der Waals surface area (Å²) in [6.07, 6.45) is 14.7. The molecule has 2 fully saturated rings. The Morgan fingerprint density at radius 3 is 1.51 bits per heavy atom. The van der Waals surface area contributed by atoms with E-state index in [9.17, 15) is 24.0 Å². The highest BCUT2D eigenvalue weighted by Crippen LogP contribution is 2.36. The number of nitrogens with one attached hydrogen (secondary N) is 1. The van der Waals surface area contributed by atoms with Crippen LogP contribution < -0.4 is 33.4 Å². The Kier molecular flexibility index (Phi) is 23.6. The first-order chi connectivity index (χ1) is 39.3. The Balaban J connectivity index is 0.890. The molecule has 0 atom stereocenters. The minimum atomic E-state index is -0.475. The Labute approximate surface area is 477 Å².